The molecule has 5 heteroatoms. The number of hydrogen-bond acceptors (Lipinski definition) is 3. The Morgan fingerprint density at radius 2 is 2.39 bits per heavy atom. The van der Waals surface area contributed by atoms with Crippen molar-refractivity contribution >= 4 is 21.7 Å². The molecule has 1 aromatic rings. The zero-order chi connectivity index (χ0) is 13.0. The molecule has 98 valence electrons. The van der Waals surface area contributed by atoms with Crippen LogP contribution in [0.5, 0.6) is 0 Å². The number of carbonyl (C=O) groups is 1. The molecule has 1 fully saturated rings. The Kier molecular flexibility index (Phi) is 4.86. The molecule has 1 saturated heterocycles. The number of ether oxygens (including phenoxy) is 1. The minimum absolute atomic E-state index is 0.0820. The van der Waals surface area contributed by atoms with Crippen LogP contribution in [0.4, 0.5) is 4.39 Å². The summed E-state index contributed by atoms with van der Waals surface area (Å²) in [6.45, 7) is 2.04. The van der Waals surface area contributed by atoms with Crippen molar-refractivity contribution in [2.75, 3.05) is 19.8 Å². The van der Waals surface area contributed by atoms with E-state index < -0.39 is 0 Å². The van der Waals surface area contributed by atoms with Gasteiger partial charge in [0, 0.05) is 29.9 Å². The summed E-state index contributed by atoms with van der Waals surface area (Å²) in [5, 5.41) is 3.23. The van der Waals surface area contributed by atoms with Gasteiger partial charge in [-0.3, -0.25) is 4.79 Å². The summed E-state index contributed by atoms with van der Waals surface area (Å²) in [5.74, 6) is -0.232. The lowest BCUT2D eigenvalue weighted by Gasteiger charge is -2.23. The Balaban J connectivity index is 1.92. The van der Waals surface area contributed by atoms with Gasteiger partial charge < -0.3 is 10.1 Å². The van der Waals surface area contributed by atoms with Crippen LogP contribution < -0.4 is 5.32 Å². The van der Waals surface area contributed by atoms with Gasteiger partial charge in [-0.2, -0.15) is 0 Å². The van der Waals surface area contributed by atoms with Crippen LogP contribution in [0.3, 0.4) is 0 Å². The summed E-state index contributed by atoms with van der Waals surface area (Å²) in [7, 11) is 0. The molecule has 1 heterocycles. The third-order valence-electron chi connectivity index (χ3n) is 2.87. The van der Waals surface area contributed by atoms with Crippen LogP contribution >= 0.6 is 15.9 Å². The number of morpholine rings is 1. The highest BCUT2D eigenvalue weighted by Gasteiger charge is 2.17. The molecule has 2 rings (SSSR count). The largest absolute Gasteiger partial charge is 0.379 e. The van der Waals surface area contributed by atoms with Gasteiger partial charge in [-0.15, -0.1) is 0 Å². The van der Waals surface area contributed by atoms with Crippen molar-refractivity contribution in [1.82, 2.24) is 5.32 Å². The topological polar surface area (TPSA) is 38.3 Å². The van der Waals surface area contributed by atoms with Crippen LogP contribution in [0, 0.1) is 5.82 Å². The molecule has 1 aromatic carbocycles. The van der Waals surface area contributed by atoms with Crippen LogP contribution in [-0.2, 0) is 16.0 Å². The molecular formula is C13H15BrFNO2. The van der Waals surface area contributed by atoms with E-state index in [9.17, 15) is 9.18 Å². The van der Waals surface area contributed by atoms with Crippen molar-refractivity contribution in [3.63, 3.8) is 0 Å². The van der Waals surface area contributed by atoms with Gasteiger partial charge >= 0.3 is 0 Å². The number of hydrogen-bond donors (Lipinski definition) is 1. The Bertz CT molecular complexity index is 433. The number of ketones is 1. The maximum absolute atomic E-state index is 13.1. The van der Waals surface area contributed by atoms with Crippen molar-refractivity contribution in [1.29, 1.82) is 0 Å². The number of benzene rings is 1. The van der Waals surface area contributed by atoms with E-state index in [-0.39, 0.29) is 24.1 Å². The lowest BCUT2D eigenvalue weighted by molar-refractivity contribution is -0.119. The van der Waals surface area contributed by atoms with Crippen molar-refractivity contribution in [2.45, 2.75) is 18.9 Å². The molecule has 1 atom stereocenters. The zero-order valence-corrected chi connectivity index (χ0v) is 11.5. The lowest BCUT2D eigenvalue weighted by Crippen LogP contribution is -2.42. The fourth-order valence-electron chi connectivity index (χ4n) is 1.99. The lowest BCUT2D eigenvalue weighted by atomic mass is 10.0. The van der Waals surface area contributed by atoms with E-state index in [0.717, 1.165) is 11.0 Å². The van der Waals surface area contributed by atoms with Crippen LogP contribution in [-0.4, -0.2) is 31.6 Å². The normalized spacial score (nSPS) is 19.8. The molecule has 0 amide bonds. The number of nitrogens with one attached hydrogen (secondary N) is 1. The third kappa shape index (κ3) is 3.86. The first-order valence-corrected chi connectivity index (χ1v) is 6.71. The average molecular weight is 316 g/mol. The van der Waals surface area contributed by atoms with E-state index in [4.69, 9.17) is 4.74 Å². The first-order chi connectivity index (χ1) is 8.65. The van der Waals surface area contributed by atoms with Crippen LogP contribution in [0.15, 0.2) is 22.7 Å². The fraction of sp³-hybridized carbons (Fsp3) is 0.462. The second-order valence-corrected chi connectivity index (χ2v) is 5.24. The maximum Gasteiger partial charge on any atom is 0.138 e. The summed E-state index contributed by atoms with van der Waals surface area (Å²) in [6, 6.07) is 4.47. The van der Waals surface area contributed by atoms with E-state index in [1.54, 1.807) is 6.07 Å². The van der Waals surface area contributed by atoms with Gasteiger partial charge in [0.05, 0.1) is 13.2 Å². The molecule has 1 unspecified atom stereocenters. The third-order valence-corrected chi connectivity index (χ3v) is 3.64. The fourth-order valence-corrected chi connectivity index (χ4v) is 2.38. The van der Waals surface area contributed by atoms with Crippen molar-refractivity contribution in [2.24, 2.45) is 0 Å². The highest BCUT2D eigenvalue weighted by Crippen LogP contribution is 2.19. The Hall–Kier alpha value is -0.780. The van der Waals surface area contributed by atoms with Gasteiger partial charge in [0.15, 0.2) is 0 Å². The van der Waals surface area contributed by atoms with Crippen molar-refractivity contribution in [3.05, 3.63) is 34.1 Å². The van der Waals surface area contributed by atoms with E-state index in [1.807, 2.05) is 0 Å². The highest BCUT2D eigenvalue weighted by molar-refractivity contribution is 9.10. The molecule has 0 saturated carbocycles. The van der Waals surface area contributed by atoms with Crippen LogP contribution in [0.1, 0.15) is 12.0 Å². The van der Waals surface area contributed by atoms with Crippen LogP contribution in [0.2, 0.25) is 0 Å². The van der Waals surface area contributed by atoms with Crippen LogP contribution in [0.25, 0.3) is 0 Å². The SMILES string of the molecule is O=C(Cc1cc(F)ccc1Br)CC1COCCN1. The first-order valence-electron chi connectivity index (χ1n) is 5.92. The van der Waals surface area contributed by atoms with E-state index in [0.29, 0.717) is 25.2 Å². The number of halogens is 2. The molecule has 1 aliphatic rings. The number of Topliss-reactive ketones (excluding diaryl/α,β-unsaturated/α-hetero) is 1. The van der Waals surface area contributed by atoms with Crippen molar-refractivity contribution < 1.29 is 13.9 Å². The van der Waals surface area contributed by atoms with Gasteiger partial charge in [0.2, 0.25) is 0 Å². The first kappa shape index (κ1) is 13.6. The maximum atomic E-state index is 13.1. The molecule has 0 aliphatic carbocycles. The monoisotopic (exact) mass is 315 g/mol. The minimum Gasteiger partial charge on any atom is -0.379 e. The molecule has 1 N–H and O–H groups in total. The zero-order valence-electron chi connectivity index (χ0n) is 9.92. The molecule has 1 aliphatic heterocycles. The van der Waals surface area contributed by atoms with E-state index in [1.165, 1.54) is 12.1 Å². The highest BCUT2D eigenvalue weighted by atomic mass is 79.9. The summed E-state index contributed by atoms with van der Waals surface area (Å²) in [5.41, 5.74) is 0.691. The smallest absolute Gasteiger partial charge is 0.138 e. The second kappa shape index (κ2) is 6.41. The predicted molar refractivity (Wildman–Crippen MR) is 70.0 cm³/mol. The van der Waals surface area contributed by atoms with Gasteiger partial charge in [0.25, 0.3) is 0 Å². The average Bonchev–Trinajstić information content (AvgIpc) is 2.35. The number of carbonyl (C=O) groups excluding carboxylic acids is 1. The van der Waals surface area contributed by atoms with Gasteiger partial charge in [-0.25, -0.2) is 4.39 Å². The molecule has 0 spiro atoms. The Morgan fingerprint density at radius 1 is 1.56 bits per heavy atom. The quantitative estimate of drug-likeness (QED) is 0.924. The van der Waals surface area contributed by atoms with Crippen molar-refractivity contribution in [3.8, 4) is 0 Å². The summed E-state index contributed by atoms with van der Waals surface area (Å²) in [4.78, 5) is 11.9. The molecule has 0 aromatic heterocycles. The molecule has 0 radical (unpaired) electrons. The molecule has 0 bridgehead atoms. The Morgan fingerprint density at radius 3 is 3.11 bits per heavy atom. The second-order valence-electron chi connectivity index (χ2n) is 4.38. The predicted octanol–water partition coefficient (Wildman–Crippen LogP) is 2.08. The van der Waals surface area contributed by atoms with E-state index in [2.05, 4.69) is 21.2 Å². The number of rotatable bonds is 4. The minimum atomic E-state index is -0.319. The van der Waals surface area contributed by atoms with Gasteiger partial charge in [0.1, 0.15) is 11.6 Å². The Labute approximate surface area is 114 Å². The molecule has 3 nitrogen and oxygen atoms in total. The molecular weight excluding hydrogens is 301 g/mol. The van der Waals surface area contributed by atoms with Gasteiger partial charge in [-0.1, -0.05) is 15.9 Å². The van der Waals surface area contributed by atoms with E-state index >= 15 is 0 Å². The summed E-state index contributed by atoms with van der Waals surface area (Å²) >= 11 is 3.32. The standard InChI is InChI=1S/C13H15BrFNO2/c14-13-2-1-10(15)5-9(13)6-12(17)7-11-8-18-4-3-16-11/h1-2,5,11,16H,3-4,6-8H2. The summed E-state index contributed by atoms with van der Waals surface area (Å²) < 4.78 is 19.2. The van der Waals surface area contributed by atoms with Gasteiger partial charge in [-0.05, 0) is 23.8 Å². The molecule has 18 heavy (non-hydrogen) atoms. The summed E-state index contributed by atoms with van der Waals surface area (Å²) in [6.07, 6.45) is 0.666.